The Kier molecular flexibility index (Phi) is 6.54. The summed E-state index contributed by atoms with van der Waals surface area (Å²) in [6.45, 7) is 16.1. The van der Waals surface area contributed by atoms with E-state index in [1.807, 2.05) is 20.8 Å². The van der Waals surface area contributed by atoms with Crippen LogP contribution in [-0.4, -0.2) is 39.4 Å². The maximum atomic E-state index is 12.1. The third-order valence-corrected chi connectivity index (χ3v) is 6.63. The summed E-state index contributed by atoms with van der Waals surface area (Å²) in [6, 6.07) is 6.35. The van der Waals surface area contributed by atoms with Gasteiger partial charge in [0.25, 0.3) is 0 Å². The maximum Gasteiger partial charge on any atom is 0.306 e. The SMILES string of the molecule is CCn1nc(C2=NCC(c3ccc(CCC(=O)OC(C)(C)C)cc3C)=N2)c2c1CC(C)(C)CC2. The Hall–Kier alpha value is -2.76. The highest BCUT2D eigenvalue weighted by molar-refractivity contribution is 6.17. The Morgan fingerprint density at radius 2 is 2.00 bits per heavy atom. The smallest absolute Gasteiger partial charge is 0.306 e. The zero-order chi connectivity index (χ0) is 24.7. The molecule has 0 atom stereocenters. The van der Waals surface area contributed by atoms with E-state index in [4.69, 9.17) is 19.8 Å². The predicted molar refractivity (Wildman–Crippen MR) is 137 cm³/mol. The summed E-state index contributed by atoms with van der Waals surface area (Å²) < 4.78 is 7.57. The molecule has 2 aliphatic rings. The monoisotopic (exact) mass is 462 g/mol. The summed E-state index contributed by atoms with van der Waals surface area (Å²) in [5.41, 5.74) is 7.90. The number of aromatic nitrogens is 2. The van der Waals surface area contributed by atoms with Gasteiger partial charge in [-0.25, -0.2) is 4.99 Å². The van der Waals surface area contributed by atoms with Crippen molar-refractivity contribution in [1.82, 2.24) is 9.78 Å². The summed E-state index contributed by atoms with van der Waals surface area (Å²) in [5, 5.41) is 4.92. The van der Waals surface area contributed by atoms with Gasteiger partial charge >= 0.3 is 5.97 Å². The summed E-state index contributed by atoms with van der Waals surface area (Å²) in [4.78, 5) is 21.8. The zero-order valence-corrected chi connectivity index (χ0v) is 21.8. The first kappa shape index (κ1) is 24.4. The Morgan fingerprint density at radius 1 is 1.24 bits per heavy atom. The fourth-order valence-corrected chi connectivity index (χ4v) is 4.91. The van der Waals surface area contributed by atoms with Crippen LogP contribution in [0.2, 0.25) is 0 Å². The van der Waals surface area contributed by atoms with Crippen LogP contribution in [0.4, 0.5) is 0 Å². The molecule has 0 N–H and O–H groups in total. The molecule has 1 aliphatic heterocycles. The van der Waals surface area contributed by atoms with Crippen LogP contribution >= 0.6 is 0 Å². The minimum Gasteiger partial charge on any atom is -0.460 e. The van der Waals surface area contributed by atoms with Gasteiger partial charge in [0.15, 0.2) is 5.84 Å². The van der Waals surface area contributed by atoms with Crippen LogP contribution in [0.1, 0.15) is 88.0 Å². The predicted octanol–water partition coefficient (Wildman–Crippen LogP) is 5.25. The van der Waals surface area contributed by atoms with Gasteiger partial charge in [0.2, 0.25) is 0 Å². The highest BCUT2D eigenvalue weighted by Gasteiger charge is 2.32. The van der Waals surface area contributed by atoms with Crippen molar-refractivity contribution in [3.8, 4) is 0 Å². The molecule has 6 heteroatoms. The molecule has 0 amide bonds. The van der Waals surface area contributed by atoms with E-state index in [1.54, 1.807) is 0 Å². The second-order valence-electron chi connectivity index (χ2n) is 11.4. The van der Waals surface area contributed by atoms with Gasteiger partial charge < -0.3 is 4.74 Å². The molecule has 0 fully saturated rings. The fourth-order valence-electron chi connectivity index (χ4n) is 4.91. The molecule has 0 bridgehead atoms. The van der Waals surface area contributed by atoms with Gasteiger partial charge in [-0.15, -0.1) is 0 Å². The molecule has 0 saturated heterocycles. The van der Waals surface area contributed by atoms with E-state index in [-0.39, 0.29) is 5.97 Å². The van der Waals surface area contributed by atoms with Gasteiger partial charge in [-0.05, 0) is 76.8 Å². The van der Waals surface area contributed by atoms with E-state index < -0.39 is 5.60 Å². The van der Waals surface area contributed by atoms with Gasteiger partial charge in [0, 0.05) is 29.8 Å². The number of esters is 1. The van der Waals surface area contributed by atoms with E-state index in [0.29, 0.717) is 24.8 Å². The number of rotatable bonds is 6. The van der Waals surface area contributed by atoms with E-state index in [9.17, 15) is 4.79 Å². The first-order valence-corrected chi connectivity index (χ1v) is 12.5. The first-order chi connectivity index (χ1) is 16.0. The van der Waals surface area contributed by atoms with E-state index in [1.165, 1.54) is 11.3 Å². The fraction of sp³-hybridized carbons (Fsp3) is 0.571. The molecule has 0 radical (unpaired) electrons. The molecular formula is C28H38N4O2. The highest BCUT2D eigenvalue weighted by Crippen LogP contribution is 2.36. The first-order valence-electron chi connectivity index (χ1n) is 12.5. The second-order valence-corrected chi connectivity index (χ2v) is 11.4. The van der Waals surface area contributed by atoms with Crippen molar-refractivity contribution >= 4 is 17.5 Å². The van der Waals surface area contributed by atoms with Gasteiger partial charge in [-0.3, -0.25) is 14.5 Å². The van der Waals surface area contributed by atoms with Crippen molar-refractivity contribution in [3.05, 3.63) is 51.8 Å². The summed E-state index contributed by atoms with van der Waals surface area (Å²) in [5.74, 6) is 0.609. The zero-order valence-electron chi connectivity index (χ0n) is 21.8. The van der Waals surface area contributed by atoms with Gasteiger partial charge in [0.05, 0.1) is 12.3 Å². The molecule has 1 aliphatic carbocycles. The number of carbonyl (C=O) groups excluding carboxylic acids is 1. The normalized spacial score (nSPS) is 17.3. The van der Waals surface area contributed by atoms with Crippen molar-refractivity contribution in [2.45, 2.75) is 92.7 Å². The number of ether oxygens (including phenoxy) is 1. The second kappa shape index (κ2) is 9.12. The lowest BCUT2D eigenvalue weighted by atomic mass is 9.76. The molecule has 0 saturated carbocycles. The number of fused-ring (bicyclic) bond motifs is 1. The van der Waals surface area contributed by atoms with Crippen LogP contribution in [0.3, 0.4) is 0 Å². The van der Waals surface area contributed by atoms with Gasteiger partial charge in [-0.1, -0.05) is 32.0 Å². The molecule has 2 heterocycles. The summed E-state index contributed by atoms with van der Waals surface area (Å²) in [6.07, 6.45) is 4.30. The highest BCUT2D eigenvalue weighted by atomic mass is 16.6. The molecule has 6 nitrogen and oxygen atoms in total. The third-order valence-electron chi connectivity index (χ3n) is 6.63. The van der Waals surface area contributed by atoms with Crippen LogP contribution in [-0.2, 0) is 35.3 Å². The number of nitrogens with zero attached hydrogens (tertiary/aromatic N) is 4. The topological polar surface area (TPSA) is 68.8 Å². The number of hydrogen-bond acceptors (Lipinski definition) is 5. The largest absolute Gasteiger partial charge is 0.460 e. The van der Waals surface area contributed by atoms with Crippen molar-refractivity contribution in [2.75, 3.05) is 6.54 Å². The Labute approximate surface area is 203 Å². The summed E-state index contributed by atoms with van der Waals surface area (Å²) >= 11 is 0. The Balaban J connectivity index is 1.50. The number of aliphatic imine (C=N–C) groups is 2. The standard InChI is InChI=1S/C28H38N4O2/c1-8-32-23-16-28(6,7)14-13-21(23)25(31-32)26-29-17-22(30-26)20-11-9-19(15-18(20)2)10-12-24(33)34-27(3,4)5/h9,11,15H,8,10,12-14,16-17H2,1-7H3. The van der Waals surface area contributed by atoms with E-state index >= 15 is 0 Å². The quantitative estimate of drug-likeness (QED) is 0.551. The number of benzene rings is 1. The number of aryl methyl sites for hydroxylation is 3. The van der Waals surface area contributed by atoms with E-state index in [2.05, 4.69) is 50.6 Å². The lowest BCUT2D eigenvalue weighted by molar-refractivity contribution is -0.154. The lowest BCUT2D eigenvalue weighted by Gasteiger charge is -2.30. The molecule has 34 heavy (non-hydrogen) atoms. The third kappa shape index (κ3) is 5.31. The number of hydrogen-bond donors (Lipinski definition) is 0. The van der Waals surface area contributed by atoms with Gasteiger partial charge in [0.1, 0.15) is 11.3 Å². The number of carbonyl (C=O) groups is 1. The van der Waals surface area contributed by atoms with Crippen LogP contribution in [0, 0.1) is 12.3 Å². The molecule has 1 aromatic heterocycles. The molecule has 4 rings (SSSR count). The average molecular weight is 463 g/mol. The van der Waals surface area contributed by atoms with E-state index in [0.717, 1.165) is 59.7 Å². The minimum atomic E-state index is -0.447. The average Bonchev–Trinajstić information content (AvgIpc) is 3.34. The molecular weight excluding hydrogens is 424 g/mol. The molecule has 2 aromatic rings. The molecule has 1 aromatic carbocycles. The summed E-state index contributed by atoms with van der Waals surface area (Å²) in [7, 11) is 0. The van der Waals surface area contributed by atoms with Crippen LogP contribution in [0.25, 0.3) is 0 Å². The van der Waals surface area contributed by atoms with Crippen LogP contribution in [0.5, 0.6) is 0 Å². The maximum absolute atomic E-state index is 12.1. The van der Waals surface area contributed by atoms with Gasteiger partial charge in [-0.2, -0.15) is 5.10 Å². The molecule has 182 valence electrons. The Bertz CT molecular complexity index is 1160. The van der Waals surface area contributed by atoms with Crippen LogP contribution < -0.4 is 0 Å². The van der Waals surface area contributed by atoms with Crippen molar-refractivity contribution in [1.29, 1.82) is 0 Å². The Morgan fingerprint density at radius 3 is 2.68 bits per heavy atom. The number of amidine groups is 1. The molecule has 0 spiro atoms. The minimum absolute atomic E-state index is 0.161. The van der Waals surface area contributed by atoms with Crippen molar-refractivity contribution < 1.29 is 9.53 Å². The molecule has 0 unspecified atom stereocenters. The van der Waals surface area contributed by atoms with Crippen molar-refractivity contribution in [2.24, 2.45) is 15.4 Å². The lowest BCUT2D eigenvalue weighted by Crippen LogP contribution is -2.24. The van der Waals surface area contributed by atoms with Crippen molar-refractivity contribution in [3.63, 3.8) is 0 Å². The van der Waals surface area contributed by atoms with Crippen LogP contribution in [0.15, 0.2) is 28.2 Å².